The van der Waals surface area contributed by atoms with E-state index in [1.54, 1.807) is 0 Å². The van der Waals surface area contributed by atoms with E-state index in [9.17, 15) is 0 Å². The fraction of sp³-hybridized carbons (Fsp3) is 0. The number of fused-ring (bicyclic) bond motifs is 13. The van der Waals surface area contributed by atoms with Crippen molar-refractivity contribution in [2.45, 2.75) is 0 Å². The fourth-order valence-electron chi connectivity index (χ4n) is 9.03. The van der Waals surface area contributed by atoms with E-state index in [0.717, 1.165) is 0 Å². The summed E-state index contributed by atoms with van der Waals surface area (Å²) in [6.45, 7) is 0. The summed E-state index contributed by atoms with van der Waals surface area (Å²) >= 11 is 3.88. The second kappa shape index (κ2) is 11.6. The van der Waals surface area contributed by atoms with E-state index in [2.05, 4.69) is 182 Å². The third-order valence-electron chi connectivity index (χ3n) is 11.4. The molecule has 0 saturated heterocycles. The molecule has 0 N–H and O–H groups in total. The van der Waals surface area contributed by atoms with Crippen LogP contribution in [0.1, 0.15) is 0 Å². The molecule has 0 nitrogen and oxygen atoms in total. The van der Waals surface area contributed by atoms with Crippen LogP contribution in [0.15, 0.2) is 182 Å². The normalized spacial score (nSPS) is 12.1. The van der Waals surface area contributed by atoms with Crippen molar-refractivity contribution in [3.05, 3.63) is 182 Å². The van der Waals surface area contributed by atoms with Crippen molar-refractivity contribution in [1.82, 2.24) is 0 Å². The Bertz CT molecular complexity index is 3430. The van der Waals surface area contributed by atoms with Crippen molar-refractivity contribution in [3.8, 4) is 33.4 Å². The molecule has 250 valence electrons. The summed E-state index contributed by atoms with van der Waals surface area (Å²) in [5.41, 5.74) is 7.57. The Morgan fingerprint density at radius 2 is 0.685 bits per heavy atom. The summed E-state index contributed by atoms with van der Waals surface area (Å²) in [7, 11) is 0. The Balaban J connectivity index is 1.11. The maximum absolute atomic E-state index is 2.48. The molecule has 0 aliphatic carbocycles. The largest absolute Gasteiger partial charge is 0.134 e. The standard InChI is InChI=1S/C52H30S2/c1-2-12-31(13-3-1)32-22-23-34-29-35(25-24-33(34)28-32)47-37-14-4-6-16-39(37)48(40-17-7-5-15-38(40)47)36-26-27-46-44(30-36)50-42-19-9-8-18-41(42)49-43-20-10-11-21-45(43)53-51(49)52(50)54-46/h1-30H. The lowest BCUT2D eigenvalue weighted by Crippen LogP contribution is -1.91. The molecule has 0 fully saturated rings. The maximum Gasteiger partial charge on any atom is 0.0540 e. The molecule has 10 aromatic carbocycles. The molecule has 0 radical (unpaired) electrons. The lowest BCUT2D eigenvalue weighted by Gasteiger charge is -2.18. The summed E-state index contributed by atoms with van der Waals surface area (Å²) in [5.74, 6) is 0. The molecule has 2 aromatic heterocycles. The number of benzene rings is 10. The molecule has 0 unspecified atom stereocenters. The Kier molecular flexibility index (Phi) is 6.48. The van der Waals surface area contributed by atoms with Crippen molar-refractivity contribution in [1.29, 1.82) is 0 Å². The third-order valence-corrected chi connectivity index (χ3v) is 13.9. The van der Waals surface area contributed by atoms with Crippen LogP contribution in [-0.4, -0.2) is 0 Å². The van der Waals surface area contributed by atoms with Gasteiger partial charge in [-0.1, -0.05) is 152 Å². The van der Waals surface area contributed by atoms with Gasteiger partial charge in [0.1, 0.15) is 0 Å². The first kappa shape index (κ1) is 30.2. The first-order valence-electron chi connectivity index (χ1n) is 18.5. The summed E-state index contributed by atoms with van der Waals surface area (Å²) in [4.78, 5) is 0. The van der Waals surface area contributed by atoms with Gasteiger partial charge in [-0.05, 0) is 107 Å². The lowest BCUT2D eigenvalue weighted by molar-refractivity contribution is 1.64. The molecule has 0 spiro atoms. The molecular weight excluding hydrogens is 689 g/mol. The van der Waals surface area contributed by atoms with Crippen molar-refractivity contribution in [2.75, 3.05) is 0 Å². The molecule has 2 heteroatoms. The van der Waals surface area contributed by atoms with Crippen LogP contribution >= 0.6 is 22.7 Å². The quantitative estimate of drug-likeness (QED) is 0.160. The van der Waals surface area contributed by atoms with Gasteiger partial charge in [0, 0.05) is 30.9 Å². The van der Waals surface area contributed by atoms with Crippen LogP contribution < -0.4 is 0 Å². The summed E-state index contributed by atoms with van der Waals surface area (Å²) in [6.07, 6.45) is 0. The Morgan fingerprint density at radius 1 is 0.259 bits per heavy atom. The predicted molar refractivity (Wildman–Crippen MR) is 239 cm³/mol. The van der Waals surface area contributed by atoms with Crippen molar-refractivity contribution < 1.29 is 0 Å². The van der Waals surface area contributed by atoms with E-state index in [1.807, 2.05) is 22.7 Å². The molecule has 12 aromatic rings. The molecule has 0 aliphatic rings. The van der Waals surface area contributed by atoms with Gasteiger partial charge in [0.05, 0.1) is 9.40 Å². The maximum atomic E-state index is 2.48. The highest BCUT2D eigenvalue weighted by molar-refractivity contribution is 7.33. The van der Waals surface area contributed by atoms with Gasteiger partial charge in [-0.15, -0.1) is 22.7 Å². The van der Waals surface area contributed by atoms with Crippen LogP contribution in [0.4, 0.5) is 0 Å². The molecule has 54 heavy (non-hydrogen) atoms. The zero-order valence-corrected chi connectivity index (χ0v) is 30.8. The van der Waals surface area contributed by atoms with Crippen LogP contribution in [0.2, 0.25) is 0 Å². The van der Waals surface area contributed by atoms with Crippen LogP contribution in [0.5, 0.6) is 0 Å². The van der Waals surface area contributed by atoms with Gasteiger partial charge in [0.15, 0.2) is 0 Å². The summed E-state index contributed by atoms with van der Waals surface area (Å²) in [5, 5.41) is 15.8. The van der Waals surface area contributed by atoms with Crippen molar-refractivity contribution in [3.63, 3.8) is 0 Å². The lowest BCUT2D eigenvalue weighted by atomic mass is 9.85. The average Bonchev–Trinajstić information content (AvgIpc) is 3.82. The summed E-state index contributed by atoms with van der Waals surface area (Å²) in [6, 6.07) is 67.6. The highest BCUT2D eigenvalue weighted by atomic mass is 32.1. The second-order valence-electron chi connectivity index (χ2n) is 14.3. The molecule has 2 heterocycles. The zero-order valence-electron chi connectivity index (χ0n) is 29.1. The minimum atomic E-state index is 1.24. The van der Waals surface area contributed by atoms with Gasteiger partial charge in [0.25, 0.3) is 0 Å². The third kappa shape index (κ3) is 4.36. The SMILES string of the molecule is c1ccc(-c2ccc3cc(-c4c5ccccc5c(-c5ccc6sc7c8sc9ccccc9c8c8ccccc8c7c6c5)c5ccccc45)ccc3c2)cc1. The molecule has 0 amide bonds. The Labute approximate surface area is 319 Å². The topological polar surface area (TPSA) is 0 Å². The number of hydrogen-bond donors (Lipinski definition) is 0. The van der Waals surface area contributed by atoms with Gasteiger partial charge in [0.2, 0.25) is 0 Å². The molecular formula is C52H30S2. The molecule has 0 aliphatic heterocycles. The van der Waals surface area contributed by atoms with Gasteiger partial charge in [-0.25, -0.2) is 0 Å². The fourth-order valence-corrected chi connectivity index (χ4v) is 11.6. The van der Waals surface area contributed by atoms with E-state index in [1.165, 1.54) is 117 Å². The number of hydrogen-bond acceptors (Lipinski definition) is 2. The zero-order chi connectivity index (χ0) is 35.3. The molecule has 0 bridgehead atoms. The van der Waals surface area contributed by atoms with Crippen LogP contribution in [0.3, 0.4) is 0 Å². The average molecular weight is 719 g/mol. The monoisotopic (exact) mass is 718 g/mol. The first-order valence-corrected chi connectivity index (χ1v) is 20.1. The van der Waals surface area contributed by atoms with Crippen molar-refractivity contribution in [2.24, 2.45) is 0 Å². The number of thiophene rings is 2. The van der Waals surface area contributed by atoms with Crippen LogP contribution in [-0.2, 0) is 0 Å². The molecule has 0 atom stereocenters. The van der Waals surface area contributed by atoms with Gasteiger partial charge in [-0.3, -0.25) is 0 Å². The number of rotatable bonds is 3. The van der Waals surface area contributed by atoms with E-state index >= 15 is 0 Å². The Hall–Kier alpha value is -6.32. The first-order chi connectivity index (χ1) is 26.8. The predicted octanol–water partition coefficient (Wildman–Crippen LogP) is 16.0. The Morgan fingerprint density at radius 3 is 1.30 bits per heavy atom. The van der Waals surface area contributed by atoms with E-state index in [0.29, 0.717) is 0 Å². The van der Waals surface area contributed by atoms with Crippen LogP contribution in [0, 0.1) is 0 Å². The highest BCUT2D eigenvalue weighted by Gasteiger charge is 2.21. The minimum Gasteiger partial charge on any atom is -0.134 e. The molecule has 12 rings (SSSR count). The highest BCUT2D eigenvalue weighted by Crippen LogP contribution is 2.51. The van der Waals surface area contributed by atoms with Gasteiger partial charge >= 0.3 is 0 Å². The van der Waals surface area contributed by atoms with Gasteiger partial charge in [-0.2, -0.15) is 0 Å². The van der Waals surface area contributed by atoms with E-state index < -0.39 is 0 Å². The van der Waals surface area contributed by atoms with Gasteiger partial charge < -0.3 is 0 Å². The van der Waals surface area contributed by atoms with E-state index in [-0.39, 0.29) is 0 Å². The smallest absolute Gasteiger partial charge is 0.0540 e. The van der Waals surface area contributed by atoms with E-state index in [4.69, 9.17) is 0 Å². The molecule has 0 saturated carbocycles. The van der Waals surface area contributed by atoms with Crippen molar-refractivity contribution >= 4 is 106 Å². The second-order valence-corrected chi connectivity index (χ2v) is 16.5. The summed E-state index contributed by atoms with van der Waals surface area (Å²) < 4.78 is 5.49. The van der Waals surface area contributed by atoms with Crippen LogP contribution in [0.25, 0.3) is 117 Å². The minimum absolute atomic E-state index is 1.24.